The summed E-state index contributed by atoms with van der Waals surface area (Å²) in [6.07, 6.45) is -4.42. The molecular formula is C30H36FN4O10P. The van der Waals surface area contributed by atoms with Crippen LogP contribution in [0.3, 0.4) is 0 Å². The fourth-order valence-corrected chi connectivity index (χ4v) is 6.18. The number of nitrogens with zero attached hydrogens (tertiary/aromatic N) is 1. The maximum absolute atomic E-state index is 15.7. The van der Waals surface area contributed by atoms with Crippen LogP contribution in [0.5, 0.6) is 5.75 Å². The minimum atomic E-state index is -4.47. The molecule has 1 aliphatic heterocycles. The lowest BCUT2D eigenvalue weighted by molar-refractivity contribution is -0.149. The van der Waals surface area contributed by atoms with Crippen LogP contribution in [0.15, 0.2) is 70.4 Å². The van der Waals surface area contributed by atoms with Gasteiger partial charge in [0.05, 0.1) is 12.7 Å². The third-order valence-corrected chi connectivity index (χ3v) is 8.70. The number of benzene rings is 2. The molecule has 1 saturated heterocycles. The van der Waals surface area contributed by atoms with E-state index < -0.39 is 67.8 Å². The number of nitrogens with one attached hydrogen (secondary N) is 3. The number of carbonyl (C=O) groups excluding carboxylic acids is 2. The van der Waals surface area contributed by atoms with Crippen molar-refractivity contribution in [2.24, 2.45) is 0 Å². The molecule has 0 bridgehead atoms. The van der Waals surface area contributed by atoms with E-state index >= 15 is 4.39 Å². The van der Waals surface area contributed by atoms with Crippen LogP contribution < -0.4 is 26.2 Å². The van der Waals surface area contributed by atoms with E-state index in [0.717, 1.165) is 29.3 Å². The quantitative estimate of drug-likeness (QED) is 0.165. The van der Waals surface area contributed by atoms with Gasteiger partial charge in [0, 0.05) is 24.9 Å². The van der Waals surface area contributed by atoms with E-state index in [1.54, 1.807) is 50.2 Å². The molecule has 0 radical (unpaired) electrons. The highest BCUT2D eigenvalue weighted by Crippen LogP contribution is 2.47. The van der Waals surface area contributed by atoms with Gasteiger partial charge in [0.1, 0.15) is 24.0 Å². The molecule has 6 atom stereocenters. The smallest absolute Gasteiger partial charge is 0.459 e. The highest BCUT2D eigenvalue weighted by molar-refractivity contribution is 7.52. The van der Waals surface area contributed by atoms with Crippen molar-refractivity contribution in [3.05, 3.63) is 87.2 Å². The van der Waals surface area contributed by atoms with Gasteiger partial charge >= 0.3 is 19.4 Å². The average molecular weight is 663 g/mol. The topological polar surface area (TPSA) is 187 Å². The first-order valence-electron chi connectivity index (χ1n) is 14.3. The van der Waals surface area contributed by atoms with Crippen molar-refractivity contribution in [1.82, 2.24) is 20.0 Å². The van der Waals surface area contributed by atoms with E-state index in [1.807, 2.05) is 4.98 Å². The molecule has 3 aromatic rings. The molecule has 1 fully saturated rings. The molecule has 4 rings (SSSR count). The molecule has 14 nitrogen and oxygen atoms in total. The number of carbonyl (C=O) groups is 2. The van der Waals surface area contributed by atoms with E-state index in [2.05, 4.69) is 10.4 Å². The Morgan fingerprint density at radius 2 is 1.83 bits per heavy atom. The van der Waals surface area contributed by atoms with Crippen molar-refractivity contribution < 1.29 is 42.2 Å². The first-order valence-corrected chi connectivity index (χ1v) is 15.9. The van der Waals surface area contributed by atoms with Gasteiger partial charge < -0.3 is 24.4 Å². The number of aliphatic hydroxyl groups excluding tert-OH is 1. The lowest BCUT2D eigenvalue weighted by Gasteiger charge is -2.25. The van der Waals surface area contributed by atoms with E-state index in [9.17, 15) is 28.8 Å². The van der Waals surface area contributed by atoms with Crippen molar-refractivity contribution >= 4 is 19.6 Å². The number of ether oxygens (including phenoxy) is 2. The van der Waals surface area contributed by atoms with E-state index in [1.165, 1.54) is 26.1 Å². The number of H-pyrrole nitrogens is 1. The zero-order valence-electron chi connectivity index (χ0n) is 25.8. The highest BCUT2D eigenvalue weighted by Gasteiger charge is 2.56. The minimum absolute atomic E-state index is 0.0624. The van der Waals surface area contributed by atoms with Crippen LogP contribution in [0.2, 0.25) is 0 Å². The standard InChI is InChI=1S/C30H36FN4O10P/c1-17(2)43-27(39)18(3)34-46(41,45-22-11-9-19(10-12-22)20-7-6-8-21(15-20)26(38)32-5)42-16-23-25(37)30(4,31)28(44-23)35-14-13-24(36)33-29(35)40/h6-15,17-18,23,25,28,37H,16H2,1-5H3,(H,32,38)(H,34,41)(H,33,36,40)/t18-,23+,25+,28+,30+,46?/m0/s1. The molecule has 1 aromatic heterocycles. The fraction of sp³-hybridized carbons (Fsp3) is 0.400. The Kier molecular flexibility index (Phi) is 10.6. The predicted octanol–water partition coefficient (Wildman–Crippen LogP) is 2.68. The number of halogens is 1. The number of rotatable bonds is 12. The van der Waals surface area contributed by atoms with Gasteiger partial charge in [-0.3, -0.25) is 28.5 Å². The van der Waals surface area contributed by atoms with Crippen molar-refractivity contribution in [3.63, 3.8) is 0 Å². The summed E-state index contributed by atoms with van der Waals surface area (Å²) in [7, 11) is -2.94. The van der Waals surface area contributed by atoms with Gasteiger partial charge in [-0.2, -0.15) is 5.09 Å². The summed E-state index contributed by atoms with van der Waals surface area (Å²) >= 11 is 0. The molecule has 1 aliphatic rings. The molecule has 4 N–H and O–H groups in total. The lowest BCUT2D eigenvalue weighted by atomic mass is 9.98. The molecule has 2 aromatic carbocycles. The van der Waals surface area contributed by atoms with E-state index in [4.69, 9.17) is 18.5 Å². The average Bonchev–Trinajstić information content (AvgIpc) is 3.23. The number of hydrogen-bond acceptors (Lipinski definition) is 10. The summed E-state index contributed by atoms with van der Waals surface area (Å²) in [6.45, 7) is 4.96. The number of esters is 1. The third-order valence-electron chi connectivity index (χ3n) is 7.05. The Morgan fingerprint density at radius 1 is 1.13 bits per heavy atom. The van der Waals surface area contributed by atoms with Crippen molar-refractivity contribution in [2.75, 3.05) is 13.7 Å². The largest absolute Gasteiger partial charge is 0.462 e. The molecular weight excluding hydrogens is 626 g/mol. The lowest BCUT2D eigenvalue weighted by Crippen LogP contribution is -2.43. The van der Waals surface area contributed by atoms with Crippen LogP contribution in [-0.4, -0.2) is 70.2 Å². The summed E-state index contributed by atoms with van der Waals surface area (Å²) in [5.41, 5.74) is -2.31. The predicted molar refractivity (Wildman–Crippen MR) is 164 cm³/mol. The monoisotopic (exact) mass is 662 g/mol. The summed E-state index contributed by atoms with van der Waals surface area (Å²) in [5.74, 6) is -0.940. The second-order valence-electron chi connectivity index (χ2n) is 11.0. The first kappa shape index (κ1) is 34.7. The summed E-state index contributed by atoms with van der Waals surface area (Å²) in [4.78, 5) is 50.3. The number of hydrogen-bond donors (Lipinski definition) is 4. The molecule has 0 saturated carbocycles. The Bertz CT molecular complexity index is 1730. The molecule has 248 valence electrons. The van der Waals surface area contributed by atoms with Gasteiger partial charge in [0.25, 0.3) is 11.5 Å². The van der Waals surface area contributed by atoms with Crippen LogP contribution in [0.25, 0.3) is 11.1 Å². The van der Waals surface area contributed by atoms with Crippen LogP contribution in [0, 0.1) is 0 Å². The number of aliphatic hydroxyl groups is 1. The van der Waals surface area contributed by atoms with Crippen molar-refractivity contribution in [2.45, 2.75) is 63.9 Å². The maximum Gasteiger partial charge on any atom is 0.459 e. The Labute approximate surface area is 263 Å². The number of amides is 1. The Hall–Kier alpha value is -4.14. The van der Waals surface area contributed by atoms with Gasteiger partial charge in [-0.25, -0.2) is 13.8 Å². The molecule has 16 heteroatoms. The minimum Gasteiger partial charge on any atom is -0.462 e. The van der Waals surface area contributed by atoms with Gasteiger partial charge in [-0.05, 0) is 63.1 Å². The Morgan fingerprint density at radius 3 is 2.46 bits per heavy atom. The van der Waals surface area contributed by atoms with Crippen LogP contribution >= 0.6 is 7.75 Å². The molecule has 0 aliphatic carbocycles. The SMILES string of the molecule is CNC(=O)c1cccc(-c2ccc(OP(=O)(N[C@@H](C)C(=O)OC(C)C)OC[C@H]3O[C@@H](n4ccc(=O)[nH]c4=O)[C@](C)(F)[C@@H]3O)cc2)c1. The molecule has 1 amide bonds. The van der Waals surface area contributed by atoms with Crippen molar-refractivity contribution in [1.29, 1.82) is 0 Å². The second-order valence-corrected chi connectivity index (χ2v) is 12.7. The molecule has 0 spiro atoms. The third kappa shape index (κ3) is 7.98. The normalized spacial score (nSPS) is 23.0. The van der Waals surface area contributed by atoms with E-state index in [0.29, 0.717) is 11.1 Å². The van der Waals surface area contributed by atoms with Gasteiger partial charge in [-0.1, -0.05) is 24.3 Å². The van der Waals surface area contributed by atoms with E-state index in [-0.39, 0.29) is 11.7 Å². The van der Waals surface area contributed by atoms with Gasteiger partial charge in [0.2, 0.25) is 0 Å². The maximum atomic E-state index is 15.7. The zero-order chi connectivity index (χ0) is 33.8. The number of alkyl halides is 1. The molecule has 1 unspecified atom stereocenters. The molecule has 2 heterocycles. The zero-order valence-corrected chi connectivity index (χ0v) is 26.7. The van der Waals surface area contributed by atoms with Gasteiger partial charge in [0.15, 0.2) is 11.9 Å². The number of aromatic amines is 1. The first-order chi connectivity index (χ1) is 21.6. The van der Waals surface area contributed by atoms with Gasteiger partial charge in [-0.15, -0.1) is 0 Å². The number of aromatic nitrogens is 2. The highest BCUT2D eigenvalue weighted by atomic mass is 31.2. The summed E-state index contributed by atoms with van der Waals surface area (Å²) in [6, 6.07) is 13.0. The second kappa shape index (κ2) is 14.1. The van der Waals surface area contributed by atoms with Crippen molar-refractivity contribution in [3.8, 4) is 16.9 Å². The summed E-state index contributed by atoms with van der Waals surface area (Å²) < 4.78 is 52.6. The molecule has 46 heavy (non-hydrogen) atoms. The summed E-state index contributed by atoms with van der Waals surface area (Å²) in [5, 5.41) is 15.8. The van der Waals surface area contributed by atoms with Crippen LogP contribution in [0.4, 0.5) is 4.39 Å². The van der Waals surface area contributed by atoms with Crippen LogP contribution in [-0.2, 0) is 23.4 Å². The fourth-order valence-electron chi connectivity index (χ4n) is 4.68. The van der Waals surface area contributed by atoms with Crippen LogP contribution in [0.1, 0.15) is 44.3 Å². The Balaban J connectivity index is 1.56.